The molecule has 1 N–H and O–H groups in total. The molecule has 1 heterocycles. The topological polar surface area (TPSA) is 41.1 Å². The molecule has 0 radical (unpaired) electrons. The van der Waals surface area contributed by atoms with Crippen LogP contribution in [0, 0.1) is 6.92 Å². The van der Waals surface area contributed by atoms with Gasteiger partial charge in [-0.3, -0.25) is 0 Å². The maximum absolute atomic E-state index is 4.60. The van der Waals surface area contributed by atoms with Gasteiger partial charge < -0.3 is 10.2 Å². The Hall–Kier alpha value is -1.32. The van der Waals surface area contributed by atoms with Crippen molar-refractivity contribution >= 4 is 11.8 Å². The summed E-state index contributed by atoms with van der Waals surface area (Å²) in [5.41, 5.74) is 1.16. The molecule has 0 atom stereocenters. The summed E-state index contributed by atoms with van der Waals surface area (Å²) in [5, 5.41) is 3.16. The van der Waals surface area contributed by atoms with Crippen molar-refractivity contribution in [3.63, 3.8) is 0 Å². The average Bonchev–Trinajstić information content (AvgIpc) is 3.08. The number of nitrogens with one attached hydrogen (secondary N) is 1. The fraction of sp³-hybridized carbons (Fsp3) is 0.667. The van der Waals surface area contributed by atoms with E-state index in [1.54, 1.807) is 0 Å². The van der Waals surface area contributed by atoms with E-state index in [0.717, 1.165) is 30.4 Å². The molecule has 2 rings (SSSR count). The van der Waals surface area contributed by atoms with Crippen molar-refractivity contribution in [3.8, 4) is 0 Å². The summed E-state index contributed by atoms with van der Waals surface area (Å²) in [6.45, 7) is 8.20. The molecule has 0 amide bonds. The fourth-order valence-corrected chi connectivity index (χ4v) is 1.93. The number of rotatable bonds is 5. The second-order valence-corrected chi connectivity index (χ2v) is 4.25. The lowest BCUT2D eigenvalue weighted by Gasteiger charge is -2.23. The van der Waals surface area contributed by atoms with Gasteiger partial charge in [0.2, 0.25) is 5.95 Å². The summed E-state index contributed by atoms with van der Waals surface area (Å²) in [6.07, 6.45) is 4.51. The van der Waals surface area contributed by atoms with E-state index in [-0.39, 0.29) is 0 Å². The van der Waals surface area contributed by atoms with Crippen LogP contribution in [0.3, 0.4) is 0 Å². The number of aromatic nitrogens is 2. The van der Waals surface area contributed by atoms with E-state index >= 15 is 0 Å². The van der Waals surface area contributed by atoms with Crippen molar-refractivity contribution in [1.82, 2.24) is 9.97 Å². The predicted octanol–water partition coefficient (Wildman–Crippen LogP) is 2.21. The number of nitrogens with zero attached hydrogens (tertiary/aromatic N) is 3. The van der Waals surface area contributed by atoms with Gasteiger partial charge in [0.25, 0.3) is 0 Å². The van der Waals surface area contributed by atoms with E-state index in [4.69, 9.17) is 0 Å². The molecular weight excluding hydrogens is 200 g/mol. The highest BCUT2D eigenvalue weighted by molar-refractivity contribution is 5.50. The van der Waals surface area contributed by atoms with Crippen molar-refractivity contribution in [3.05, 3.63) is 11.8 Å². The minimum atomic E-state index is 0.702. The van der Waals surface area contributed by atoms with Gasteiger partial charge in [-0.15, -0.1) is 0 Å². The van der Waals surface area contributed by atoms with Gasteiger partial charge in [-0.05, 0) is 33.6 Å². The first-order chi connectivity index (χ1) is 7.76. The van der Waals surface area contributed by atoms with Crippen LogP contribution in [0.2, 0.25) is 0 Å². The minimum Gasteiger partial charge on any atom is -0.354 e. The van der Waals surface area contributed by atoms with Crippen LogP contribution < -0.4 is 10.2 Å². The van der Waals surface area contributed by atoms with Gasteiger partial charge in [0.05, 0.1) is 0 Å². The molecular formula is C12H20N4. The Kier molecular flexibility index (Phi) is 3.27. The molecule has 0 spiro atoms. The molecule has 0 bridgehead atoms. The Morgan fingerprint density at radius 3 is 2.75 bits per heavy atom. The number of anilines is 2. The van der Waals surface area contributed by atoms with Crippen LogP contribution in [0.5, 0.6) is 0 Å². The van der Waals surface area contributed by atoms with Crippen molar-refractivity contribution in [1.29, 1.82) is 0 Å². The summed E-state index contributed by atoms with van der Waals surface area (Å²) < 4.78 is 0. The second kappa shape index (κ2) is 4.68. The van der Waals surface area contributed by atoms with Crippen LogP contribution in [0.15, 0.2) is 6.20 Å². The van der Waals surface area contributed by atoms with Crippen molar-refractivity contribution < 1.29 is 0 Å². The zero-order chi connectivity index (χ0) is 11.5. The quantitative estimate of drug-likeness (QED) is 0.826. The monoisotopic (exact) mass is 220 g/mol. The van der Waals surface area contributed by atoms with E-state index in [1.165, 1.54) is 12.8 Å². The lowest BCUT2D eigenvalue weighted by molar-refractivity contribution is 0.799. The van der Waals surface area contributed by atoms with Gasteiger partial charge in [-0.25, -0.2) is 4.98 Å². The van der Waals surface area contributed by atoms with Crippen molar-refractivity contribution in [2.24, 2.45) is 0 Å². The van der Waals surface area contributed by atoms with Gasteiger partial charge in [0, 0.05) is 30.9 Å². The highest BCUT2D eigenvalue weighted by Gasteiger charge is 2.29. The third-order valence-corrected chi connectivity index (χ3v) is 2.88. The zero-order valence-electron chi connectivity index (χ0n) is 10.3. The van der Waals surface area contributed by atoms with Crippen molar-refractivity contribution in [2.75, 3.05) is 23.3 Å². The Morgan fingerprint density at radius 2 is 2.19 bits per heavy atom. The summed E-state index contributed by atoms with van der Waals surface area (Å²) in [6, 6.07) is 0.702. The molecule has 1 aliphatic carbocycles. The van der Waals surface area contributed by atoms with E-state index in [1.807, 2.05) is 6.20 Å². The normalized spacial score (nSPS) is 14.9. The standard InChI is InChI=1S/C12H20N4/c1-4-13-12-14-8-9(3)11(15-12)16(5-2)10-6-7-10/h8,10H,4-7H2,1-3H3,(H,13,14,15). The molecule has 16 heavy (non-hydrogen) atoms. The van der Waals surface area contributed by atoms with Crippen molar-refractivity contribution in [2.45, 2.75) is 39.7 Å². The van der Waals surface area contributed by atoms with Crippen LogP contribution in [-0.4, -0.2) is 29.1 Å². The minimum absolute atomic E-state index is 0.702. The molecule has 4 nitrogen and oxygen atoms in total. The van der Waals surface area contributed by atoms with Crippen LogP contribution in [0.25, 0.3) is 0 Å². The first-order valence-corrected chi connectivity index (χ1v) is 6.10. The molecule has 88 valence electrons. The van der Waals surface area contributed by atoms with Gasteiger partial charge >= 0.3 is 0 Å². The van der Waals surface area contributed by atoms with Crippen LogP contribution in [0.1, 0.15) is 32.3 Å². The average molecular weight is 220 g/mol. The maximum Gasteiger partial charge on any atom is 0.224 e. The molecule has 0 aromatic carbocycles. The molecule has 1 aromatic heterocycles. The number of aryl methyl sites for hydroxylation is 1. The fourth-order valence-electron chi connectivity index (χ4n) is 1.93. The predicted molar refractivity (Wildman–Crippen MR) is 67.0 cm³/mol. The van der Waals surface area contributed by atoms with Crippen LogP contribution in [0.4, 0.5) is 11.8 Å². The van der Waals surface area contributed by atoms with E-state index in [9.17, 15) is 0 Å². The van der Waals surface area contributed by atoms with Crippen LogP contribution >= 0.6 is 0 Å². The second-order valence-electron chi connectivity index (χ2n) is 4.25. The van der Waals surface area contributed by atoms with Gasteiger partial charge in [-0.2, -0.15) is 4.98 Å². The van der Waals surface area contributed by atoms with Gasteiger partial charge in [0.1, 0.15) is 5.82 Å². The lowest BCUT2D eigenvalue weighted by atomic mass is 10.3. The third-order valence-electron chi connectivity index (χ3n) is 2.88. The molecule has 0 saturated heterocycles. The number of hydrogen-bond acceptors (Lipinski definition) is 4. The highest BCUT2D eigenvalue weighted by Crippen LogP contribution is 2.32. The molecule has 1 fully saturated rings. The first-order valence-electron chi connectivity index (χ1n) is 6.10. The Labute approximate surface area is 97.1 Å². The first kappa shape index (κ1) is 11.2. The Morgan fingerprint density at radius 1 is 1.44 bits per heavy atom. The Balaban J connectivity index is 2.25. The summed E-state index contributed by atoms with van der Waals surface area (Å²) in [4.78, 5) is 11.3. The van der Waals surface area contributed by atoms with E-state index in [2.05, 4.69) is 41.0 Å². The molecule has 1 aliphatic rings. The molecule has 4 heteroatoms. The summed E-state index contributed by atoms with van der Waals surface area (Å²) >= 11 is 0. The molecule has 1 saturated carbocycles. The number of hydrogen-bond donors (Lipinski definition) is 1. The van der Waals surface area contributed by atoms with E-state index in [0.29, 0.717) is 6.04 Å². The molecule has 1 aromatic rings. The highest BCUT2D eigenvalue weighted by atomic mass is 15.3. The van der Waals surface area contributed by atoms with Crippen LogP contribution in [-0.2, 0) is 0 Å². The van der Waals surface area contributed by atoms with Gasteiger partial charge in [-0.1, -0.05) is 0 Å². The van der Waals surface area contributed by atoms with Gasteiger partial charge in [0.15, 0.2) is 0 Å². The lowest BCUT2D eigenvalue weighted by Crippen LogP contribution is -2.27. The summed E-state index contributed by atoms with van der Waals surface area (Å²) in [7, 11) is 0. The third kappa shape index (κ3) is 2.26. The SMILES string of the molecule is CCNc1ncc(C)c(N(CC)C2CC2)n1. The summed E-state index contributed by atoms with van der Waals surface area (Å²) in [5.74, 6) is 1.83. The van der Waals surface area contributed by atoms with E-state index < -0.39 is 0 Å². The molecule has 0 unspecified atom stereocenters. The zero-order valence-corrected chi connectivity index (χ0v) is 10.3. The maximum atomic E-state index is 4.60. The Bertz CT molecular complexity index is 360. The largest absolute Gasteiger partial charge is 0.354 e. The smallest absolute Gasteiger partial charge is 0.224 e. The molecule has 0 aliphatic heterocycles.